The van der Waals surface area contributed by atoms with Crippen molar-refractivity contribution in [2.45, 2.75) is 25.5 Å². The third-order valence-corrected chi connectivity index (χ3v) is 2.12. The molecule has 0 bridgehead atoms. The monoisotopic (exact) mass is 163 g/mol. The van der Waals surface area contributed by atoms with Gasteiger partial charge in [0.25, 0.3) is 0 Å². The third-order valence-electron chi connectivity index (χ3n) is 2.12. The molecule has 2 nitrogen and oxygen atoms in total. The van der Waals surface area contributed by atoms with Gasteiger partial charge in [-0.05, 0) is 18.9 Å². The molecule has 0 unspecified atom stereocenters. The van der Waals surface area contributed by atoms with Gasteiger partial charge in [0, 0.05) is 17.3 Å². The summed E-state index contributed by atoms with van der Waals surface area (Å²) in [6.07, 6.45) is 2.53. The van der Waals surface area contributed by atoms with E-state index in [-0.39, 0.29) is 6.61 Å². The van der Waals surface area contributed by atoms with Gasteiger partial charge in [-0.15, -0.1) is 0 Å². The van der Waals surface area contributed by atoms with Gasteiger partial charge in [0.1, 0.15) is 0 Å². The van der Waals surface area contributed by atoms with Crippen LogP contribution in [0.3, 0.4) is 0 Å². The summed E-state index contributed by atoms with van der Waals surface area (Å²) >= 11 is 0. The molecule has 1 aromatic carbocycles. The smallest absolute Gasteiger partial charge is 0.0701 e. The Labute approximate surface area is 72.2 Å². The summed E-state index contributed by atoms with van der Waals surface area (Å²) in [7, 11) is 0. The molecule has 2 N–H and O–H groups in total. The summed E-state index contributed by atoms with van der Waals surface area (Å²) in [5.74, 6) is 0. The Kier molecular flexibility index (Phi) is 2.00. The molecule has 0 aliphatic heterocycles. The fraction of sp³-hybridized carbons (Fsp3) is 0.400. The Bertz CT molecular complexity index is 268. The van der Waals surface area contributed by atoms with E-state index in [9.17, 15) is 0 Å². The first kappa shape index (κ1) is 7.62. The summed E-state index contributed by atoms with van der Waals surface area (Å²) in [5.41, 5.74) is 2.08. The van der Waals surface area contributed by atoms with Crippen molar-refractivity contribution in [2.24, 2.45) is 0 Å². The van der Waals surface area contributed by atoms with E-state index in [0.29, 0.717) is 6.04 Å². The molecule has 1 fully saturated rings. The highest BCUT2D eigenvalue weighted by molar-refractivity contribution is 5.52. The van der Waals surface area contributed by atoms with Gasteiger partial charge in [-0.2, -0.15) is 0 Å². The zero-order valence-electron chi connectivity index (χ0n) is 6.96. The second-order valence-electron chi connectivity index (χ2n) is 3.23. The number of hydrogen-bond donors (Lipinski definition) is 2. The summed E-state index contributed by atoms with van der Waals surface area (Å²) in [6.45, 7) is 0.121. The number of aliphatic hydroxyl groups excluding tert-OH is 1. The van der Waals surface area contributed by atoms with Crippen LogP contribution >= 0.6 is 0 Å². The minimum absolute atomic E-state index is 0.121. The lowest BCUT2D eigenvalue weighted by Gasteiger charge is -2.08. The van der Waals surface area contributed by atoms with E-state index >= 15 is 0 Å². The largest absolute Gasteiger partial charge is 0.392 e. The molecule has 1 aromatic rings. The SMILES string of the molecule is OCc1ccccc1NC1CC1. The molecule has 1 aliphatic rings. The third kappa shape index (κ3) is 1.59. The zero-order valence-corrected chi connectivity index (χ0v) is 6.96. The van der Waals surface area contributed by atoms with Gasteiger partial charge in [-0.1, -0.05) is 18.2 Å². The minimum Gasteiger partial charge on any atom is -0.392 e. The van der Waals surface area contributed by atoms with Crippen LogP contribution in [0, 0.1) is 0 Å². The van der Waals surface area contributed by atoms with Crippen LogP contribution in [-0.2, 0) is 6.61 Å². The minimum atomic E-state index is 0.121. The van der Waals surface area contributed by atoms with Crippen molar-refractivity contribution in [1.29, 1.82) is 0 Å². The molecule has 0 spiro atoms. The Balaban J connectivity index is 2.15. The van der Waals surface area contributed by atoms with Gasteiger partial charge >= 0.3 is 0 Å². The molecule has 0 amide bonds. The fourth-order valence-electron chi connectivity index (χ4n) is 1.25. The Morgan fingerprint density at radius 1 is 1.33 bits per heavy atom. The normalized spacial score (nSPS) is 16.1. The van der Waals surface area contributed by atoms with Crippen molar-refractivity contribution in [3.63, 3.8) is 0 Å². The van der Waals surface area contributed by atoms with E-state index in [4.69, 9.17) is 5.11 Å². The number of rotatable bonds is 3. The number of aliphatic hydroxyl groups is 1. The van der Waals surface area contributed by atoms with E-state index in [0.717, 1.165) is 11.3 Å². The highest BCUT2D eigenvalue weighted by Crippen LogP contribution is 2.26. The number of anilines is 1. The molecule has 2 rings (SSSR count). The van der Waals surface area contributed by atoms with E-state index in [2.05, 4.69) is 5.32 Å². The molecule has 0 aromatic heterocycles. The van der Waals surface area contributed by atoms with Gasteiger partial charge in [0.05, 0.1) is 6.61 Å². The average Bonchev–Trinajstić information content (AvgIpc) is 2.89. The Hall–Kier alpha value is -1.02. The van der Waals surface area contributed by atoms with Crippen molar-refractivity contribution in [3.8, 4) is 0 Å². The molecule has 1 aliphatic carbocycles. The zero-order chi connectivity index (χ0) is 8.39. The van der Waals surface area contributed by atoms with Gasteiger partial charge in [0.15, 0.2) is 0 Å². The van der Waals surface area contributed by atoms with E-state index in [1.807, 2.05) is 24.3 Å². The van der Waals surface area contributed by atoms with Crippen molar-refractivity contribution >= 4 is 5.69 Å². The van der Waals surface area contributed by atoms with Gasteiger partial charge in [-0.3, -0.25) is 0 Å². The molecule has 0 heterocycles. The quantitative estimate of drug-likeness (QED) is 0.711. The van der Waals surface area contributed by atoms with E-state index < -0.39 is 0 Å². The number of hydrogen-bond acceptors (Lipinski definition) is 2. The summed E-state index contributed by atoms with van der Waals surface area (Å²) < 4.78 is 0. The second-order valence-corrected chi connectivity index (χ2v) is 3.23. The second kappa shape index (κ2) is 3.15. The van der Waals surface area contributed by atoms with Gasteiger partial charge in [-0.25, -0.2) is 0 Å². The van der Waals surface area contributed by atoms with E-state index in [1.54, 1.807) is 0 Å². The average molecular weight is 163 g/mol. The van der Waals surface area contributed by atoms with Crippen LogP contribution in [0.15, 0.2) is 24.3 Å². The lowest BCUT2D eigenvalue weighted by atomic mass is 10.2. The molecule has 0 saturated heterocycles. The Morgan fingerprint density at radius 2 is 2.08 bits per heavy atom. The first-order chi connectivity index (χ1) is 5.90. The first-order valence-electron chi connectivity index (χ1n) is 4.35. The maximum absolute atomic E-state index is 9.01. The van der Waals surface area contributed by atoms with Crippen LogP contribution in [0.2, 0.25) is 0 Å². The van der Waals surface area contributed by atoms with Crippen LogP contribution in [0.5, 0.6) is 0 Å². The highest BCUT2D eigenvalue weighted by Gasteiger charge is 2.21. The summed E-state index contributed by atoms with van der Waals surface area (Å²) in [4.78, 5) is 0. The molecule has 0 atom stereocenters. The lowest BCUT2D eigenvalue weighted by molar-refractivity contribution is 0.282. The number of nitrogens with one attached hydrogen (secondary N) is 1. The predicted octanol–water partition coefficient (Wildman–Crippen LogP) is 1.75. The standard InChI is InChI=1S/C10H13NO/c12-7-8-3-1-2-4-10(8)11-9-5-6-9/h1-4,9,11-12H,5-7H2. The lowest BCUT2D eigenvalue weighted by Crippen LogP contribution is -2.03. The molecular weight excluding hydrogens is 150 g/mol. The Morgan fingerprint density at radius 3 is 2.75 bits per heavy atom. The highest BCUT2D eigenvalue weighted by atomic mass is 16.3. The van der Waals surface area contributed by atoms with Crippen molar-refractivity contribution in [1.82, 2.24) is 0 Å². The topological polar surface area (TPSA) is 32.3 Å². The molecule has 1 saturated carbocycles. The molecule has 2 heteroatoms. The van der Waals surface area contributed by atoms with Crippen molar-refractivity contribution < 1.29 is 5.11 Å². The van der Waals surface area contributed by atoms with Gasteiger partial charge in [0.2, 0.25) is 0 Å². The summed E-state index contributed by atoms with van der Waals surface area (Å²) in [6, 6.07) is 8.56. The maximum atomic E-state index is 9.01. The van der Waals surface area contributed by atoms with E-state index in [1.165, 1.54) is 12.8 Å². The molecule has 0 radical (unpaired) electrons. The molecule has 12 heavy (non-hydrogen) atoms. The number of para-hydroxylation sites is 1. The fourth-order valence-corrected chi connectivity index (χ4v) is 1.25. The van der Waals surface area contributed by atoms with Crippen LogP contribution in [-0.4, -0.2) is 11.1 Å². The van der Waals surface area contributed by atoms with Crippen LogP contribution < -0.4 is 5.32 Å². The maximum Gasteiger partial charge on any atom is 0.0701 e. The number of benzene rings is 1. The molecular formula is C10H13NO. The van der Waals surface area contributed by atoms with Crippen molar-refractivity contribution in [3.05, 3.63) is 29.8 Å². The summed E-state index contributed by atoms with van der Waals surface area (Å²) in [5, 5.41) is 12.4. The predicted molar refractivity (Wildman–Crippen MR) is 49.0 cm³/mol. The van der Waals surface area contributed by atoms with Crippen molar-refractivity contribution in [2.75, 3.05) is 5.32 Å². The first-order valence-corrected chi connectivity index (χ1v) is 4.35. The molecule has 64 valence electrons. The van der Waals surface area contributed by atoms with Gasteiger partial charge < -0.3 is 10.4 Å². The van der Waals surface area contributed by atoms with Crippen LogP contribution in [0.4, 0.5) is 5.69 Å². The van der Waals surface area contributed by atoms with Crippen LogP contribution in [0.1, 0.15) is 18.4 Å². The van der Waals surface area contributed by atoms with Crippen LogP contribution in [0.25, 0.3) is 0 Å².